The minimum atomic E-state index is -0.582. The molecule has 0 aliphatic rings. The maximum absolute atomic E-state index is 10.4. The molecule has 1 unspecified atom stereocenters. The molecule has 4 nitrogen and oxygen atoms in total. The first-order chi connectivity index (χ1) is 7.72. The third kappa shape index (κ3) is 1.92. The standard InChI is InChI=1S/C12H13NO3/c1-9-7-13(16-15-10(2)8-14)12-6-4-3-5-11(9)12/h3-8,10H,1-2H3. The summed E-state index contributed by atoms with van der Waals surface area (Å²) in [4.78, 5) is 20.4. The normalized spacial score (nSPS) is 12.6. The van der Waals surface area contributed by atoms with Crippen molar-refractivity contribution in [2.45, 2.75) is 20.0 Å². The van der Waals surface area contributed by atoms with E-state index in [1.807, 2.05) is 37.4 Å². The number of aldehydes is 1. The van der Waals surface area contributed by atoms with Gasteiger partial charge in [0.25, 0.3) is 0 Å². The molecule has 0 N–H and O–H groups in total. The van der Waals surface area contributed by atoms with Crippen LogP contribution in [0.15, 0.2) is 30.5 Å². The average molecular weight is 219 g/mol. The summed E-state index contributed by atoms with van der Waals surface area (Å²) in [7, 11) is 0. The molecule has 0 saturated heterocycles. The molecule has 0 aliphatic carbocycles. The van der Waals surface area contributed by atoms with Crippen molar-refractivity contribution in [2.75, 3.05) is 0 Å². The van der Waals surface area contributed by atoms with Gasteiger partial charge in [-0.05, 0) is 25.5 Å². The average Bonchev–Trinajstić information content (AvgIpc) is 2.64. The van der Waals surface area contributed by atoms with Crippen molar-refractivity contribution in [3.8, 4) is 0 Å². The zero-order valence-corrected chi connectivity index (χ0v) is 9.21. The lowest BCUT2D eigenvalue weighted by atomic mass is 10.2. The Kier molecular flexibility index (Phi) is 2.92. The lowest BCUT2D eigenvalue weighted by molar-refractivity contribution is -0.305. The van der Waals surface area contributed by atoms with Crippen molar-refractivity contribution >= 4 is 17.2 Å². The van der Waals surface area contributed by atoms with Gasteiger partial charge in [-0.3, -0.25) is 0 Å². The van der Waals surface area contributed by atoms with E-state index in [0.717, 1.165) is 16.5 Å². The molecule has 0 amide bonds. The summed E-state index contributed by atoms with van der Waals surface area (Å²) in [6, 6.07) is 7.82. The Hall–Kier alpha value is -1.81. The Balaban J connectivity index is 2.27. The van der Waals surface area contributed by atoms with Crippen molar-refractivity contribution < 1.29 is 14.7 Å². The zero-order chi connectivity index (χ0) is 11.5. The number of aryl methyl sites for hydroxylation is 1. The summed E-state index contributed by atoms with van der Waals surface area (Å²) in [5.74, 6) is 0. The number of benzene rings is 1. The highest BCUT2D eigenvalue weighted by Crippen LogP contribution is 2.19. The van der Waals surface area contributed by atoms with Crippen LogP contribution in [0, 0.1) is 6.92 Å². The quantitative estimate of drug-likeness (QED) is 0.448. The Labute approximate surface area is 93.3 Å². The van der Waals surface area contributed by atoms with Gasteiger partial charge in [0.1, 0.15) is 0 Å². The van der Waals surface area contributed by atoms with Crippen molar-refractivity contribution in [2.24, 2.45) is 0 Å². The van der Waals surface area contributed by atoms with Gasteiger partial charge in [0.05, 0.1) is 11.7 Å². The van der Waals surface area contributed by atoms with Gasteiger partial charge in [0.15, 0.2) is 12.4 Å². The Morgan fingerprint density at radius 3 is 2.88 bits per heavy atom. The molecule has 1 heterocycles. The van der Waals surface area contributed by atoms with Crippen molar-refractivity contribution in [3.05, 3.63) is 36.0 Å². The van der Waals surface area contributed by atoms with Gasteiger partial charge in [-0.1, -0.05) is 18.2 Å². The monoisotopic (exact) mass is 219 g/mol. The first-order valence-corrected chi connectivity index (χ1v) is 5.08. The number of para-hydroxylation sites is 1. The van der Waals surface area contributed by atoms with Crippen LogP contribution in [-0.4, -0.2) is 17.1 Å². The first-order valence-electron chi connectivity index (χ1n) is 5.08. The maximum atomic E-state index is 10.4. The van der Waals surface area contributed by atoms with Gasteiger partial charge in [-0.25, -0.2) is 4.99 Å². The highest BCUT2D eigenvalue weighted by molar-refractivity contribution is 5.83. The van der Waals surface area contributed by atoms with Gasteiger partial charge >= 0.3 is 0 Å². The summed E-state index contributed by atoms with van der Waals surface area (Å²) >= 11 is 0. The van der Waals surface area contributed by atoms with Crippen LogP contribution in [0.4, 0.5) is 0 Å². The number of rotatable bonds is 4. The predicted molar refractivity (Wildman–Crippen MR) is 59.9 cm³/mol. The van der Waals surface area contributed by atoms with Gasteiger partial charge in [-0.2, -0.15) is 9.62 Å². The Bertz CT molecular complexity index is 504. The van der Waals surface area contributed by atoms with Crippen LogP contribution in [0.1, 0.15) is 12.5 Å². The lowest BCUT2D eigenvalue weighted by Crippen LogP contribution is -2.19. The molecule has 0 spiro atoms. The zero-order valence-electron chi connectivity index (χ0n) is 9.21. The number of aromatic nitrogens is 1. The second-order valence-corrected chi connectivity index (χ2v) is 3.67. The molecule has 1 atom stereocenters. The SMILES string of the molecule is Cc1cn(OOC(C)C=O)c2ccccc12. The fourth-order valence-corrected chi connectivity index (χ4v) is 1.51. The Morgan fingerprint density at radius 1 is 1.38 bits per heavy atom. The first kappa shape index (κ1) is 10.7. The van der Waals surface area contributed by atoms with Crippen molar-refractivity contribution in [1.82, 2.24) is 4.73 Å². The maximum Gasteiger partial charge on any atom is 0.159 e. The summed E-state index contributed by atoms with van der Waals surface area (Å²) in [6.07, 6.45) is 1.92. The van der Waals surface area contributed by atoms with Gasteiger partial charge in [0.2, 0.25) is 0 Å². The molecule has 1 aromatic heterocycles. The highest BCUT2D eigenvalue weighted by atomic mass is 17.3. The second kappa shape index (κ2) is 4.37. The number of hydrogen-bond donors (Lipinski definition) is 0. The van der Waals surface area contributed by atoms with E-state index in [2.05, 4.69) is 0 Å². The number of nitrogens with zero attached hydrogens (tertiary/aromatic N) is 1. The molecule has 0 aliphatic heterocycles. The lowest BCUT2D eigenvalue weighted by Gasteiger charge is -2.07. The molecule has 2 aromatic rings. The van der Waals surface area contributed by atoms with Gasteiger partial charge in [0, 0.05) is 5.39 Å². The van der Waals surface area contributed by atoms with Gasteiger partial charge in [-0.15, -0.1) is 0 Å². The van der Waals surface area contributed by atoms with Crippen molar-refractivity contribution in [3.63, 3.8) is 0 Å². The van der Waals surface area contributed by atoms with E-state index in [-0.39, 0.29) is 0 Å². The van der Waals surface area contributed by atoms with Crippen LogP contribution < -0.4 is 4.99 Å². The number of fused-ring (bicyclic) bond motifs is 1. The van der Waals surface area contributed by atoms with E-state index >= 15 is 0 Å². The number of hydrogen-bond acceptors (Lipinski definition) is 3. The highest BCUT2D eigenvalue weighted by Gasteiger charge is 2.07. The van der Waals surface area contributed by atoms with E-state index < -0.39 is 6.10 Å². The van der Waals surface area contributed by atoms with E-state index in [1.54, 1.807) is 6.92 Å². The van der Waals surface area contributed by atoms with E-state index in [4.69, 9.17) is 9.88 Å². The number of carbonyl (C=O) groups excluding carboxylic acids is 1. The largest absolute Gasteiger partial charge is 0.300 e. The van der Waals surface area contributed by atoms with Crippen LogP contribution in [-0.2, 0) is 9.68 Å². The molecule has 84 valence electrons. The fraction of sp³-hybridized carbons (Fsp3) is 0.250. The molecule has 1 aromatic carbocycles. The summed E-state index contributed by atoms with van der Waals surface area (Å²) in [6.45, 7) is 3.61. The van der Waals surface area contributed by atoms with Crippen LogP contribution >= 0.6 is 0 Å². The van der Waals surface area contributed by atoms with Crippen LogP contribution in [0.3, 0.4) is 0 Å². The molecule has 4 heteroatoms. The van der Waals surface area contributed by atoms with Crippen LogP contribution in [0.25, 0.3) is 10.9 Å². The van der Waals surface area contributed by atoms with E-state index in [1.165, 1.54) is 4.73 Å². The third-order valence-corrected chi connectivity index (χ3v) is 2.34. The second-order valence-electron chi connectivity index (χ2n) is 3.67. The topological polar surface area (TPSA) is 40.5 Å². The molecule has 0 saturated carbocycles. The molecular weight excluding hydrogens is 206 g/mol. The smallest absolute Gasteiger partial charge is 0.159 e. The minimum Gasteiger partial charge on any atom is -0.300 e. The summed E-state index contributed by atoms with van der Waals surface area (Å²) in [5, 5.41) is 1.10. The molecule has 2 rings (SSSR count). The third-order valence-electron chi connectivity index (χ3n) is 2.34. The van der Waals surface area contributed by atoms with Gasteiger partial charge < -0.3 is 4.79 Å². The van der Waals surface area contributed by atoms with E-state index in [0.29, 0.717) is 6.29 Å². The Morgan fingerprint density at radius 2 is 2.12 bits per heavy atom. The van der Waals surface area contributed by atoms with E-state index in [9.17, 15) is 4.79 Å². The van der Waals surface area contributed by atoms with Crippen LogP contribution in [0.2, 0.25) is 0 Å². The number of carbonyl (C=O) groups is 1. The van der Waals surface area contributed by atoms with Crippen LogP contribution in [0.5, 0.6) is 0 Å². The molecule has 0 bridgehead atoms. The predicted octanol–water partition coefficient (Wildman–Crippen LogP) is 1.90. The molecule has 16 heavy (non-hydrogen) atoms. The molecule has 0 radical (unpaired) electrons. The fourth-order valence-electron chi connectivity index (χ4n) is 1.51. The molecule has 0 fully saturated rings. The molecular formula is C12H13NO3. The summed E-state index contributed by atoms with van der Waals surface area (Å²) in [5.41, 5.74) is 2.01. The minimum absolute atomic E-state index is 0.582. The van der Waals surface area contributed by atoms with Crippen molar-refractivity contribution in [1.29, 1.82) is 0 Å². The summed E-state index contributed by atoms with van der Waals surface area (Å²) < 4.78 is 1.52.